The molecule has 0 aromatic heterocycles. The molecule has 0 atom stereocenters. The Labute approximate surface area is 63.8 Å². The van der Waals surface area contributed by atoms with Crippen molar-refractivity contribution in [1.29, 1.82) is 0 Å². The van der Waals surface area contributed by atoms with E-state index in [9.17, 15) is 0 Å². The Bertz CT molecular complexity index is 103. The molecule has 1 heteroatoms. The van der Waals surface area contributed by atoms with Crippen LogP contribution in [0.25, 0.3) is 0 Å². The van der Waals surface area contributed by atoms with Gasteiger partial charge in [-0.1, -0.05) is 32.9 Å². The molecule has 0 heterocycles. The van der Waals surface area contributed by atoms with E-state index in [1.54, 1.807) is 0 Å². The average molecular weight is 142 g/mol. The van der Waals surface area contributed by atoms with Crippen LogP contribution in [0.1, 0.15) is 33.6 Å². The van der Waals surface area contributed by atoms with Crippen LogP contribution >= 0.6 is 0 Å². The summed E-state index contributed by atoms with van der Waals surface area (Å²) in [5.74, 6) is 0. The molecule has 1 nitrogen and oxygen atoms in total. The van der Waals surface area contributed by atoms with Gasteiger partial charge in [0.25, 0.3) is 0 Å². The molecule has 0 aliphatic carbocycles. The average Bonchev–Trinajstić information content (AvgIpc) is 1.89. The summed E-state index contributed by atoms with van der Waals surface area (Å²) in [6.45, 7) is 6.50. The topological polar surface area (TPSA) is 20.2 Å². The van der Waals surface area contributed by atoms with Crippen molar-refractivity contribution in [2.45, 2.75) is 33.6 Å². The van der Waals surface area contributed by atoms with Crippen LogP contribution in [0.4, 0.5) is 0 Å². The van der Waals surface area contributed by atoms with Gasteiger partial charge in [-0.15, -0.1) is 0 Å². The number of rotatable bonds is 4. The second-order valence-electron chi connectivity index (χ2n) is 3.41. The lowest BCUT2D eigenvalue weighted by Gasteiger charge is -2.18. The lowest BCUT2D eigenvalue weighted by molar-refractivity contribution is 0.162. The van der Waals surface area contributed by atoms with Crippen LogP contribution in [0.2, 0.25) is 0 Å². The molecule has 0 bridgehead atoms. The monoisotopic (exact) mass is 142 g/mol. The van der Waals surface area contributed by atoms with Gasteiger partial charge < -0.3 is 5.11 Å². The van der Waals surface area contributed by atoms with Crippen LogP contribution in [0.5, 0.6) is 0 Å². The van der Waals surface area contributed by atoms with Crippen LogP contribution in [0.3, 0.4) is 0 Å². The molecule has 0 rings (SSSR count). The van der Waals surface area contributed by atoms with Gasteiger partial charge in [0.2, 0.25) is 0 Å². The third-order valence-electron chi connectivity index (χ3n) is 1.50. The molecule has 0 amide bonds. The molecule has 1 N–H and O–H groups in total. The highest BCUT2D eigenvalue weighted by Gasteiger charge is 2.13. The van der Waals surface area contributed by atoms with Crippen LogP contribution in [-0.2, 0) is 0 Å². The van der Waals surface area contributed by atoms with Crippen LogP contribution in [0.15, 0.2) is 12.2 Å². The Morgan fingerprint density at radius 2 is 1.90 bits per heavy atom. The van der Waals surface area contributed by atoms with Gasteiger partial charge >= 0.3 is 0 Å². The Balaban J connectivity index is 3.56. The number of allylic oxidation sites excluding steroid dienone is 2. The molecule has 0 unspecified atom stereocenters. The second-order valence-corrected chi connectivity index (χ2v) is 3.41. The molecule has 0 aromatic rings. The van der Waals surface area contributed by atoms with Gasteiger partial charge in [0, 0.05) is 6.61 Å². The minimum atomic E-state index is 0.0612. The first kappa shape index (κ1) is 9.70. The lowest BCUT2D eigenvalue weighted by Crippen LogP contribution is -2.14. The first-order valence-electron chi connectivity index (χ1n) is 3.88. The fourth-order valence-corrected chi connectivity index (χ4v) is 0.634. The van der Waals surface area contributed by atoms with Gasteiger partial charge in [-0.05, 0) is 18.3 Å². The van der Waals surface area contributed by atoms with Crippen molar-refractivity contribution in [3.8, 4) is 0 Å². The summed E-state index contributed by atoms with van der Waals surface area (Å²) in [6.07, 6.45) is 6.33. The number of hydrogen-bond acceptors (Lipinski definition) is 1. The zero-order chi connectivity index (χ0) is 8.04. The van der Waals surface area contributed by atoms with Gasteiger partial charge in [-0.3, -0.25) is 0 Å². The van der Waals surface area contributed by atoms with Gasteiger partial charge in [0.05, 0.1) is 0 Å². The largest absolute Gasteiger partial charge is 0.396 e. The summed E-state index contributed by atoms with van der Waals surface area (Å²) in [5, 5.41) is 8.86. The van der Waals surface area contributed by atoms with Crippen LogP contribution < -0.4 is 0 Å². The normalized spacial score (nSPS) is 12.8. The third-order valence-corrected chi connectivity index (χ3v) is 1.50. The Hall–Kier alpha value is -0.300. The van der Waals surface area contributed by atoms with E-state index in [1.165, 1.54) is 0 Å². The molecular weight excluding hydrogens is 124 g/mol. The molecule has 0 aliphatic rings. The smallest absolute Gasteiger partial charge is 0.0485 e. The Morgan fingerprint density at radius 1 is 1.30 bits per heavy atom. The molecule has 0 aliphatic heterocycles. The van der Waals surface area contributed by atoms with Crippen molar-refractivity contribution in [1.82, 2.24) is 0 Å². The first-order valence-corrected chi connectivity index (χ1v) is 3.88. The fourth-order valence-electron chi connectivity index (χ4n) is 0.634. The van der Waals surface area contributed by atoms with E-state index in [0.29, 0.717) is 0 Å². The predicted octanol–water partition coefficient (Wildman–Crippen LogP) is 2.36. The van der Waals surface area contributed by atoms with E-state index >= 15 is 0 Å². The van der Waals surface area contributed by atoms with E-state index in [0.717, 1.165) is 12.8 Å². The molecule has 0 saturated carbocycles. The van der Waals surface area contributed by atoms with E-state index in [4.69, 9.17) is 5.11 Å². The highest BCUT2D eigenvalue weighted by molar-refractivity contribution is 4.86. The highest BCUT2D eigenvalue weighted by atomic mass is 16.3. The Kier molecular flexibility index (Phi) is 4.37. The second kappa shape index (κ2) is 4.51. The fraction of sp³-hybridized carbons (Fsp3) is 0.778. The molecule has 0 saturated heterocycles. The van der Waals surface area contributed by atoms with Gasteiger partial charge in [0.1, 0.15) is 0 Å². The van der Waals surface area contributed by atoms with E-state index in [1.807, 2.05) is 0 Å². The summed E-state index contributed by atoms with van der Waals surface area (Å²) in [4.78, 5) is 0. The predicted molar refractivity (Wildman–Crippen MR) is 44.9 cm³/mol. The van der Waals surface area contributed by atoms with Gasteiger partial charge in [-0.25, -0.2) is 0 Å². The van der Waals surface area contributed by atoms with Gasteiger partial charge in [-0.2, -0.15) is 0 Å². The highest BCUT2D eigenvalue weighted by Crippen LogP contribution is 2.19. The minimum absolute atomic E-state index is 0.0612. The zero-order valence-corrected chi connectivity index (χ0v) is 7.22. The summed E-state index contributed by atoms with van der Waals surface area (Å²) in [6, 6.07) is 0. The zero-order valence-electron chi connectivity index (χ0n) is 7.22. The first-order chi connectivity index (χ1) is 4.62. The quantitative estimate of drug-likeness (QED) is 0.597. The van der Waals surface area contributed by atoms with E-state index in [-0.39, 0.29) is 12.0 Å². The molecule has 0 aromatic carbocycles. The molecule has 0 fully saturated rings. The maximum absolute atomic E-state index is 8.86. The van der Waals surface area contributed by atoms with Crippen molar-refractivity contribution in [2.75, 3.05) is 6.61 Å². The Morgan fingerprint density at radius 3 is 2.30 bits per heavy atom. The summed E-state index contributed by atoms with van der Waals surface area (Å²) >= 11 is 0. The van der Waals surface area contributed by atoms with Crippen molar-refractivity contribution in [3.05, 3.63) is 12.2 Å². The molecule has 60 valence electrons. The molecular formula is C9H18O. The van der Waals surface area contributed by atoms with E-state index in [2.05, 4.69) is 32.9 Å². The number of hydrogen-bond donors (Lipinski definition) is 1. The molecule has 10 heavy (non-hydrogen) atoms. The summed E-state index contributed by atoms with van der Waals surface area (Å²) < 4.78 is 0. The summed E-state index contributed by atoms with van der Waals surface area (Å²) in [7, 11) is 0. The van der Waals surface area contributed by atoms with Crippen molar-refractivity contribution in [3.63, 3.8) is 0 Å². The maximum atomic E-state index is 8.86. The van der Waals surface area contributed by atoms with Crippen molar-refractivity contribution >= 4 is 0 Å². The minimum Gasteiger partial charge on any atom is -0.396 e. The van der Waals surface area contributed by atoms with Crippen LogP contribution in [0, 0.1) is 5.41 Å². The van der Waals surface area contributed by atoms with Crippen molar-refractivity contribution in [2.24, 2.45) is 5.41 Å². The lowest BCUT2D eigenvalue weighted by atomic mass is 9.90. The van der Waals surface area contributed by atoms with E-state index < -0.39 is 0 Å². The standard InChI is InChI=1S/C9H18O/c1-4-5-6-7-9(2,3)8-10/h5-6,10H,4,7-8H2,1-3H3/b6-5+. The van der Waals surface area contributed by atoms with Crippen molar-refractivity contribution < 1.29 is 5.11 Å². The number of aliphatic hydroxyl groups is 1. The SMILES string of the molecule is CC/C=C/CC(C)(C)CO. The number of aliphatic hydroxyl groups excluding tert-OH is 1. The summed E-state index contributed by atoms with van der Waals surface area (Å²) in [5.41, 5.74) is 0.0612. The van der Waals surface area contributed by atoms with Crippen LogP contribution in [-0.4, -0.2) is 11.7 Å². The maximum Gasteiger partial charge on any atom is 0.0485 e. The third kappa shape index (κ3) is 4.57. The molecule has 0 radical (unpaired) electrons. The molecule has 0 spiro atoms. The van der Waals surface area contributed by atoms with Gasteiger partial charge in [0.15, 0.2) is 0 Å².